The summed E-state index contributed by atoms with van der Waals surface area (Å²) in [4.78, 5) is 19.4. The number of ether oxygens (including phenoxy) is 1. The summed E-state index contributed by atoms with van der Waals surface area (Å²) < 4.78 is 5.54. The van der Waals surface area contributed by atoms with Gasteiger partial charge in [-0.15, -0.1) is 0 Å². The fraction of sp³-hybridized carbons (Fsp3) is 0.600. The second-order valence-electron chi connectivity index (χ2n) is 6.97. The summed E-state index contributed by atoms with van der Waals surface area (Å²) in [7, 11) is 1.63. The minimum Gasteiger partial charge on any atom is -0.496 e. The van der Waals surface area contributed by atoms with Crippen LogP contribution in [0.2, 0.25) is 0 Å². The second kappa shape index (κ2) is 8.91. The molecule has 2 aliphatic heterocycles. The second-order valence-corrected chi connectivity index (χ2v) is 6.97. The molecule has 0 aliphatic carbocycles. The van der Waals surface area contributed by atoms with Gasteiger partial charge in [-0.3, -0.25) is 9.69 Å². The number of piperidine rings is 1. The normalized spacial score (nSPS) is 18.5. The Hall–Kier alpha value is -2.26. The maximum atomic E-state index is 12.9. The molecule has 2 fully saturated rings. The summed E-state index contributed by atoms with van der Waals surface area (Å²) in [5, 5.41) is 8.70. The van der Waals surface area contributed by atoms with Gasteiger partial charge in [0.15, 0.2) is 0 Å². The fourth-order valence-electron chi connectivity index (χ4n) is 3.76. The highest BCUT2D eigenvalue weighted by molar-refractivity contribution is 5.97. The molecule has 0 N–H and O–H groups in total. The zero-order chi connectivity index (χ0) is 18.4. The molecule has 0 atom stereocenters. The smallest absolute Gasteiger partial charge is 0.257 e. The molecule has 0 spiro atoms. The number of hydrogen-bond acceptors (Lipinski definition) is 5. The molecule has 1 amide bonds. The van der Waals surface area contributed by atoms with E-state index in [9.17, 15) is 4.79 Å². The maximum absolute atomic E-state index is 12.9. The SMILES string of the molecule is COc1cc(N2CCCCC2)ccc1C(=O)N1CCN(CCC#N)CC1. The third kappa shape index (κ3) is 4.28. The molecule has 6 nitrogen and oxygen atoms in total. The minimum absolute atomic E-state index is 0.0342. The Morgan fingerprint density at radius 2 is 1.85 bits per heavy atom. The van der Waals surface area contributed by atoms with Crippen molar-refractivity contribution in [1.82, 2.24) is 9.80 Å². The van der Waals surface area contributed by atoms with Crippen molar-refractivity contribution in [2.45, 2.75) is 25.7 Å². The van der Waals surface area contributed by atoms with Gasteiger partial charge in [0.1, 0.15) is 5.75 Å². The minimum atomic E-state index is 0.0342. The molecule has 1 aromatic carbocycles. The van der Waals surface area contributed by atoms with E-state index >= 15 is 0 Å². The van der Waals surface area contributed by atoms with Gasteiger partial charge < -0.3 is 14.5 Å². The van der Waals surface area contributed by atoms with Crippen LogP contribution < -0.4 is 9.64 Å². The van der Waals surface area contributed by atoms with Gasteiger partial charge >= 0.3 is 0 Å². The van der Waals surface area contributed by atoms with Crippen molar-refractivity contribution in [3.05, 3.63) is 23.8 Å². The van der Waals surface area contributed by atoms with E-state index in [0.717, 1.165) is 38.4 Å². The van der Waals surface area contributed by atoms with Gasteiger partial charge in [0, 0.05) is 64.0 Å². The Balaban J connectivity index is 1.66. The Bertz CT molecular complexity index is 656. The standard InChI is InChI=1S/C20H28N4O2/c1-26-19-16-17(23-10-3-2-4-11-23)6-7-18(19)20(25)24-14-12-22(13-15-24)9-5-8-21/h6-7,16H,2-5,9-15H2,1H3. The van der Waals surface area contributed by atoms with Crippen LogP contribution in [0.15, 0.2) is 18.2 Å². The molecular formula is C20H28N4O2. The first-order valence-corrected chi connectivity index (χ1v) is 9.54. The molecule has 0 aromatic heterocycles. The molecule has 6 heteroatoms. The van der Waals surface area contributed by atoms with Gasteiger partial charge in [-0.2, -0.15) is 5.26 Å². The molecule has 0 unspecified atom stereocenters. The lowest BCUT2D eigenvalue weighted by Crippen LogP contribution is -2.48. The highest BCUT2D eigenvalue weighted by Crippen LogP contribution is 2.28. The third-order valence-electron chi connectivity index (χ3n) is 5.34. The van der Waals surface area contributed by atoms with Crippen LogP contribution in [0.4, 0.5) is 5.69 Å². The first kappa shape index (κ1) is 18.5. The number of nitriles is 1. The van der Waals surface area contributed by atoms with Gasteiger partial charge in [-0.1, -0.05) is 0 Å². The summed E-state index contributed by atoms with van der Waals surface area (Å²) in [6, 6.07) is 8.14. The van der Waals surface area contributed by atoms with Crippen molar-refractivity contribution in [2.75, 3.05) is 57.8 Å². The van der Waals surface area contributed by atoms with Crippen molar-refractivity contribution in [3.63, 3.8) is 0 Å². The van der Waals surface area contributed by atoms with Crippen molar-refractivity contribution in [1.29, 1.82) is 5.26 Å². The van der Waals surface area contributed by atoms with E-state index < -0.39 is 0 Å². The first-order chi connectivity index (χ1) is 12.7. The Labute approximate surface area is 155 Å². The molecule has 0 saturated carbocycles. The fourth-order valence-corrected chi connectivity index (χ4v) is 3.76. The van der Waals surface area contributed by atoms with Crippen LogP contribution in [0.1, 0.15) is 36.0 Å². The number of methoxy groups -OCH3 is 1. The molecule has 2 aliphatic rings. The number of rotatable bonds is 5. The number of anilines is 1. The van der Waals surface area contributed by atoms with Gasteiger partial charge in [-0.25, -0.2) is 0 Å². The average Bonchev–Trinajstić information content (AvgIpc) is 2.72. The van der Waals surface area contributed by atoms with Gasteiger partial charge in [-0.05, 0) is 31.4 Å². The molecule has 2 heterocycles. The summed E-state index contributed by atoms with van der Waals surface area (Å²) in [5.74, 6) is 0.692. The lowest BCUT2D eigenvalue weighted by atomic mass is 10.1. The van der Waals surface area contributed by atoms with Gasteiger partial charge in [0.2, 0.25) is 0 Å². The largest absolute Gasteiger partial charge is 0.496 e. The summed E-state index contributed by atoms with van der Waals surface area (Å²) in [6.45, 7) is 5.96. The van der Waals surface area contributed by atoms with E-state index in [4.69, 9.17) is 10.00 Å². The number of benzene rings is 1. The maximum Gasteiger partial charge on any atom is 0.257 e. The summed E-state index contributed by atoms with van der Waals surface area (Å²) >= 11 is 0. The number of nitrogens with zero attached hydrogens (tertiary/aromatic N) is 4. The molecule has 140 valence electrons. The third-order valence-corrected chi connectivity index (χ3v) is 5.34. The Morgan fingerprint density at radius 3 is 2.50 bits per heavy atom. The molecule has 26 heavy (non-hydrogen) atoms. The van der Waals surface area contributed by atoms with Crippen molar-refractivity contribution >= 4 is 11.6 Å². The Morgan fingerprint density at radius 1 is 1.12 bits per heavy atom. The van der Waals surface area contributed by atoms with Crippen LogP contribution in [-0.2, 0) is 0 Å². The molecule has 0 bridgehead atoms. The number of amides is 1. The number of hydrogen-bond donors (Lipinski definition) is 0. The number of carbonyl (C=O) groups is 1. The lowest BCUT2D eigenvalue weighted by molar-refractivity contribution is 0.0636. The molecule has 0 radical (unpaired) electrons. The predicted molar refractivity (Wildman–Crippen MR) is 102 cm³/mol. The van der Waals surface area contributed by atoms with Crippen LogP contribution in [0.3, 0.4) is 0 Å². The molecule has 2 saturated heterocycles. The monoisotopic (exact) mass is 356 g/mol. The van der Waals surface area contributed by atoms with E-state index in [1.54, 1.807) is 7.11 Å². The molecule has 1 aromatic rings. The first-order valence-electron chi connectivity index (χ1n) is 9.54. The van der Waals surface area contributed by atoms with E-state index in [0.29, 0.717) is 30.8 Å². The van der Waals surface area contributed by atoms with E-state index in [2.05, 4.69) is 15.9 Å². The number of carbonyl (C=O) groups excluding carboxylic acids is 1. The van der Waals surface area contributed by atoms with Crippen LogP contribution in [0.25, 0.3) is 0 Å². The summed E-state index contributed by atoms with van der Waals surface area (Å²) in [5.41, 5.74) is 1.78. The van der Waals surface area contributed by atoms with Gasteiger partial charge in [0.05, 0.1) is 18.7 Å². The summed E-state index contributed by atoms with van der Waals surface area (Å²) in [6.07, 6.45) is 4.28. The zero-order valence-corrected chi connectivity index (χ0v) is 15.6. The average molecular weight is 356 g/mol. The van der Waals surface area contributed by atoms with E-state index in [1.165, 1.54) is 19.3 Å². The van der Waals surface area contributed by atoms with E-state index in [-0.39, 0.29) is 5.91 Å². The quantitative estimate of drug-likeness (QED) is 0.810. The molecular weight excluding hydrogens is 328 g/mol. The van der Waals surface area contributed by atoms with Crippen molar-refractivity contribution in [2.24, 2.45) is 0 Å². The number of piperazine rings is 1. The van der Waals surface area contributed by atoms with E-state index in [1.807, 2.05) is 23.1 Å². The van der Waals surface area contributed by atoms with Crippen molar-refractivity contribution < 1.29 is 9.53 Å². The van der Waals surface area contributed by atoms with Crippen LogP contribution >= 0.6 is 0 Å². The van der Waals surface area contributed by atoms with Crippen LogP contribution in [0.5, 0.6) is 5.75 Å². The highest BCUT2D eigenvalue weighted by Gasteiger charge is 2.25. The van der Waals surface area contributed by atoms with Gasteiger partial charge in [0.25, 0.3) is 5.91 Å². The lowest BCUT2D eigenvalue weighted by Gasteiger charge is -2.34. The van der Waals surface area contributed by atoms with Crippen LogP contribution in [0, 0.1) is 11.3 Å². The molecule has 3 rings (SSSR count). The predicted octanol–water partition coefficient (Wildman–Crippen LogP) is 2.36. The highest BCUT2D eigenvalue weighted by atomic mass is 16.5. The Kier molecular flexibility index (Phi) is 6.35. The zero-order valence-electron chi connectivity index (χ0n) is 15.6. The topological polar surface area (TPSA) is 59.8 Å². The van der Waals surface area contributed by atoms with Crippen molar-refractivity contribution in [3.8, 4) is 11.8 Å². The van der Waals surface area contributed by atoms with Crippen LogP contribution in [-0.4, -0.2) is 68.6 Å².